The molecule has 9 atom stereocenters. The van der Waals surface area contributed by atoms with E-state index in [0.29, 0.717) is 21.9 Å². The molecule has 0 heterocycles. The Morgan fingerprint density at radius 2 is 1.51 bits per heavy atom. The number of rotatable bonds is 6. The molecule has 11 heteroatoms. The van der Waals surface area contributed by atoms with Crippen molar-refractivity contribution in [1.29, 1.82) is 0 Å². The smallest absolute Gasteiger partial charge is 0.396 e. The van der Waals surface area contributed by atoms with Crippen molar-refractivity contribution in [3.63, 3.8) is 0 Å². The summed E-state index contributed by atoms with van der Waals surface area (Å²) in [5.74, 6) is -5.59. The number of alkyl halides is 4. The SMILES string of the molecule is O=C1CCCCC1[S+](C1CCCCC1)C1CC2CCC1C2.O=S(=O)([O-])C(F)(F)C(F)(F)C1CC2CC(O)C1C2. The summed E-state index contributed by atoms with van der Waals surface area (Å²) in [4.78, 5) is 12.6. The number of carbonyl (C=O) groups is 1. The van der Waals surface area contributed by atoms with Crippen LogP contribution in [0.3, 0.4) is 0 Å². The standard InChI is InChI=1S/C19H31OS.C9H12F4O4S/c20-17-8-4-5-9-18(17)21(16-6-2-1-3-7-16)19-13-14-10-11-15(19)12-14;10-8(11,9(12,13)18(15,16)17)6-2-4-1-5(6)7(14)3-4/h14-16,18-19H,1-13H2;4-7,14H,1-3H2,(H,15,16,17)/q+1;/p-1. The monoisotopic (exact) mass is 598 g/mol. The van der Waals surface area contributed by atoms with Crippen LogP contribution in [0, 0.1) is 29.6 Å². The number of Topliss-reactive ketones (excluding diaryl/α,β-unsaturated/α-hetero) is 1. The molecule has 39 heavy (non-hydrogen) atoms. The first-order valence-corrected chi connectivity index (χ1v) is 17.8. The first kappa shape index (κ1) is 30.1. The minimum Gasteiger partial charge on any atom is -0.743 e. The van der Waals surface area contributed by atoms with Crippen LogP contribution in [0.15, 0.2) is 0 Å². The van der Waals surface area contributed by atoms with E-state index in [9.17, 15) is 40.4 Å². The van der Waals surface area contributed by atoms with E-state index < -0.39 is 39.2 Å². The van der Waals surface area contributed by atoms with E-state index in [1.165, 1.54) is 77.0 Å². The topological polar surface area (TPSA) is 94.5 Å². The largest absolute Gasteiger partial charge is 0.743 e. The molecule has 0 radical (unpaired) electrons. The minimum atomic E-state index is -6.45. The molecule has 6 aliphatic carbocycles. The van der Waals surface area contributed by atoms with Crippen molar-refractivity contribution in [2.24, 2.45) is 29.6 Å². The van der Waals surface area contributed by atoms with Gasteiger partial charge in [-0.25, -0.2) is 8.42 Å². The fourth-order valence-electron chi connectivity index (χ4n) is 8.90. The van der Waals surface area contributed by atoms with Gasteiger partial charge in [-0.3, -0.25) is 4.79 Å². The van der Waals surface area contributed by atoms with Crippen LogP contribution in [-0.2, 0) is 25.8 Å². The van der Waals surface area contributed by atoms with Crippen LogP contribution in [0.1, 0.15) is 103 Å². The summed E-state index contributed by atoms with van der Waals surface area (Å²) in [7, 11) is -6.00. The molecule has 6 rings (SSSR count). The van der Waals surface area contributed by atoms with E-state index in [0.717, 1.165) is 28.8 Å². The molecule has 0 saturated heterocycles. The number of aliphatic hydroxyl groups excluding tert-OH is 1. The summed E-state index contributed by atoms with van der Waals surface area (Å²) in [5, 5.41) is 6.15. The number of halogens is 4. The highest BCUT2D eigenvalue weighted by Crippen LogP contribution is 2.58. The molecule has 0 spiro atoms. The Labute approximate surface area is 232 Å². The van der Waals surface area contributed by atoms with Gasteiger partial charge in [-0.05, 0) is 101 Å². The molecule has 0 aliphatic heterocycles. The minimum absolute atomic E-state index is 0.163. The van der Waals surface area contributed by atoms with E-state index in [1.54, 1.807) is 0 Å². The van der Waals surface area contributed by atoms with Crippen molar-refractivity contribution in [1.82, 2.24) is 0 Å². The fraction of sp³-hybridized carbons (Fsp3) is 0.964. The highest BCUT2D eigenvalue weighted by molar-refractivity contribution is 7.99. The zero-order valence-corrected chi connectivity index (χ0v) is 24.1. The van der Waals surface area contributed by atoms with Gasteiger partial charge in [0, 0.05) is 35.6 Å². The van der Waals surface area contributed by atoms with Gasteiger partial charge in [0.15, 0.2) is 21.2 Å². The fourth-order valence-corrected chi connectivity index (χ4v) is 13.7. The predicted octanol–water partition coefficient (Wildman–Crippen LogP) is 5.80. The van der Waals surface area contributed by atoms with Crippen LogP contribution < -0.4 is 0 Å². The van der Waals surface area contributed by atoms with Gasteiger partial charge in [0.2, 0.25) is 0 Å². The van der Waals surface area contributed by atoms with E-state index in [1.807, 2.05) is 0 Å². The molecule has 224 valence electrons. The molecule has 4 bridgehead atoms. The zero-order chi connectivity index (χ0) is 28.2. The van der Waals surface area contributed by atoms with Crippen molar-refractivity contribution in [2.75, 3.05) is 0 Å². The summed E-state index contributed by atoms with van der Waals surface area (Å²) in [6, 6.07) is 0. The summed E-state index contributed by atoms with van der Waals surface area (Å²) < 4.78 is 84.2. The second kappa shape index (κ2) is 11.4. The molecule has 0 aromatic rings. The van der Waals surface area contributed by atoms with E-state index in [4.69, 9.17) is 0 Å². The number of hydrogen-bond acceptors (Lipinski definition) is 5. The Hall–Kier alpha value is -0.390. The zero-order valence-electron chi connectivity index (χ0n) is 22.4. The van der Waals surface area contributed by atoms with Crippen molar-refractivity contribution < 1.29 is 40.4 Å². The number of ketones is 1. The molecule has 6 fully saturated rings. The van der Waals surface area contributed by atoms with Gasteiger partial charge in [-0.15, -0.1) is 0 Å². The summed E-state index contributed by atoms with van der Waals surface area (Å²) in [5.41, 5.74) is 0. The number of carbonyl (C=O) groups excluding carboxylic acids is 1. The van der Waals surface area contributed by atoms with Crippen molar-refractivity contribution in [3.05, 3.63) is 0 Å². The number of fused-ring (bicyclic) bond motifs is 4. The summed E-state index contributed by atoms with van der Waals surface area (Å²) in [6.45, 7) is 0. The second-order valence-electron chi connectivity index (χ2n) is 13.1. The van der Waals surface area contributed by atoms with Crippen molar-refractivity contribution in [2.45, 2.75) is 136 Å². The molecule has 5 nitrogen and oxygen atoms in total. The molecular formula is C28H42F4O5S2. The number of aliphatic hydroxyl groups is 1. The maximum atomic E-state index is 13.6. The molecule has 6 saturated carbocycles. The van der Waals surface area contributed by atoms with Gasteiger partial charge in [0.1, 0.15) is 10.5 Å². The predicted molar refractivity (Wildman–Crippen MR) is 141 cm³/mol. The van der Waals surface area contributed by atoms with Crippen molar-refractivity contribution >= 4 is 26.8 Å². The molecule has 0 aromatic carbocycles. The lowest BCUT2D eigenvalue weighted by Gasteiger charge is -2.37. The highest BCUT2D eigenvalue weighted by atomic mass is 32.2. The van der Waals surface area contributed by atoms with Crippen molar-refractivity contribution in [3.8, 4) is 0 Å². The molecule has 0 amide bonds. The van der Waals surface area contributed by atoms with Gasteiger partial charge in [0.05, 0.1) is 6.10 Å². The van der Waals surface area contributed by atoms with Gasteiger partial charge < -0.3 is 9.66 Å². The third-order valence-electron chi connectivity index (χ3n) is 10.7. The van der Waals surface area contributed by atoms with Crippen LogP contribution in [0.2, 0.25) is 0 Å². The van der Waals surface area contributed by atoms with Gasteiger partial charge >= 0.3 is 11.2 Å². The lowest BCUT2D eigenvalue weighted by atomic mass is 9.82. The van der Waals surface area contributed by atoms with Crippen LogP contribution in [0.25, 0.3) is 0 Å². The Morgan fingerprint density at radius 1 is 0.821 bits per heavy atom. The summed E-state index contributed by atoms with van der Waals surface area (Å²) in [6.07, 6.45) is 16.9. The van der Waals surface area contributed by atoms with E-state index in [-0.39, 0.29) is 25.2 Å². The maximum absolute atomic E-state index is 13.6. The maximum Gasteiger partial charge on any atom is 0.396 e. The van der Waals surface area contributed by atoms with Gasteiger partial charge in [0.25, 0.3) is 0 Å². The lowest BCUT2D eigenvalue weighted by Crippen LogP contribution is -2.54. The molecule has 0 aromatic heterocycles. The van der Waals surface area contributed by atoms with E-state index >= 15 is 0 Å². The van der Waals surface area contributed by atoms with Crippen LogP contribution in [0.5, 0.6) is 0 Å². The summed E-state index contributed by atoms with van der Waals surface area (Å²) >= 11 is 0. The van der Waals surface area contributed by atoms with Crippen LogP contribution in [0.4, 0.5) is 17.6 Å². The molecule has 9 unspecified atom stereocenters. The third-order valence-corrected chi connectivity index (χ3v) is 15.3. The first-order chi connectivity index (χ1) is 18.3. The molecule has 1 N–H and O–H groups in total. The normalized spacial score (nSPS) is 40.0. The van der Waals surface area contributed by atoms with Gasteiger partial charge in [-0.1, -0.05) is 6.42 Å². The van der Waals surface area contributed by atoms with E-state index in [2.05, 4.69) is 0 Å². The third kappa shape index (κ3) is 5.68. The lowest BCUT2D eigenvalue weighted by molar-refractivity contribution is -0.209. The second-order valence-corrected chi connectivity index (χ2v) is 17.2. The molecule has 6 aliphatic rings. The van der Waals surface area contributed by atoms with Crippen LogP contribution >= 0.6 is 0 Å². The quantitative estimate of drug-likeness (QED) is 0.237. The Morgan fingerprint density at radius 3 is 2.05 bits per heavy atom. The first-order valence-electron chi connectivity index (χ1n) is 14.9. The van der Waals surface area contributed by atoms with Crippen LogP contribution in [-0.4, -0.2) is 56.9 Å². The highest BCUT2D eigenvalue weighted by Gasteiger charge is 2.69. The Bertz CT molecular complexity index is 1000. The average Bonchev–Trinajstić information content (AvgIpc) is 3.67. The number of hydrogen-bond donors (Lipinski definition) is 1. The van der Waals surface area contributed by atoms with Gasteiger partial charge in [-0.2, -0.15) is 17.6 Å². The molecular weight excluding hydrogens is 556 g/mol. The average molecular weight is 599 g/mol. The Balaban J connectivity index is 0.000000160. The Kier molecular flexibility index (Phi) is 8.76.